The minimum absolute atomic E-state index is 0.0912. The van der Waals surface area contributed by atoms with Gasteiger partial charge in [-0.2, -0.15) is 9.61 Å². The predicted octanol–water partition coefficient (Wildman–Crippen LogP) is 3.33. The lowest BCUT2D eigenvalue weighted by Gasteiger charge is -2.34. The molecule has 1 amide bonds. The van der Waals surface area contributed by atoms with Crippen molar-refractivity contribution >= 4 is 28.9 Å². The number of amides is 1. The van der Waals surface area contributed by atoms with Crippen LogP contribution in [0.4, 0.5) is 17.3 Å². The molecule has 0 aromatic carbocycles. The number of hydrogen-bond donors (Lipinski definition) is 3. The number of methoxy groups -OCH3 is 1. The van der Waals surface area contributed by atoms with E-state index in [1.54, 1.807) is 30.8 Å². The number of aromatic nitrogens is 4. The Morgan fingerprint density at radius 1 is 1.17 bits per heavy atom. The monoisotopic (exact) mass is 479 g/mol. The molecular weight excluding hydrogens is 446 g/mol. The van der Waals surface area contributed by atoms with E-state index in [9.17, 15) is 9.59 Å². The third kappa shape index (κ3) is 4.50. The van der Waals surface area contributed by atoms with Crippen molar-refractivity contribution in [1.29, 1.82) is 0 Å². The quantitative estimate of drug-likeness (QED) is 0.476. The zero-order valence-corrected chi connectivity index (χ0v) is 20.5. The van der Waals surface area contributed by atoms with Crippen LogP contribution >= 0.6 is 0 Å². The Labute approximate surface area is 204 Å². The van der Waals surface area contributed by atoms with Crippen molar-refractivity contribution < 1.29 is 9.53 Å². The number of anilines is 3. The van der Waals surface area contributed by atoms with Crippen molar-refractivity contribution in [3.63, 3.8) is 0 Å². The Kier molecular flexibility index (Phi) is 6.46. The van der Waals surface area contributed by atoms with Crippen LogP contribution in [-0.4, -0.2) is 51.4 Å². The van der Waals surface area contributed by atoms with E-state index in [0.717, 1.165) is 38.5 Å². The molecule has 0 bridgehead atoms. The molecule has 2 atom stereocenters. The van der Waals surface area contributed by atoms with Gasteiger partial charge < -0.3 is 25.3 Å². The number of pyridine rings is 1. The molecule has 10 heteroatoms. The first-order valence-corrected chi connectivity index (χ1v) is 12.4. The number of ether oxygens (including phenoxy) is 1. The second-order valence-corrected chi connectivity index (χ2v) is 9.63. The van der Waals surface area contributed by atoms with Crippen LogP contribution in [0.3, 0.4) is 0 Å². The molecule has 10 nitrogen and oxygen atoms in total. The summed E-state index contributed by atoms with van der Waals surface area (Å²) in [7, 11) is 3.52. The van der Waals surface area contributed by atoms with E-state index >= 15 is 0 Å². The molecule has 2 aliphatic carbocycles. The maximum Gasteiger partial charge on any atom is 0.274 e. The summed E-state index contributed by atoms with van der Waals surface area (Å²) in [6, 6.07) is 5.74. The largest absolute Gasteiger partial charge is 0.381 e. The normalized spacial score (nSPS) is 24.1. The lowest BCUT2D eigenvalue weighted by Crippen LogP contribution is -2.45. The van der Waals surface area contributed by atoms with Crippen molar-refractivity contribution in [2.45, 2.75) is 63.6 Å². The second kappa shape index (κ2) is 9.69. The standard InChI is InChI=1S/C25H33N7O3/c1-15-6-11-19(15)29-24(33)18-14-27-32-22(26-2)13-21(30-23(18)32)28-20-5-4-12-31(25(20)34)16-7-9-17(35-3)10-8-16/h4-5,12-17,19,26H,6-11H2,1-3H3,(H,28,30)(H,29,33)/t15-,16?,17?,19+/m1/s1. The smallest absolute Gasteiger partial charge is 0.274 e. The van der Waals surface area contributed by atoms with Gasteiger partial charge in [-0.15, -0.1) is 0 Å². The number of fused-ring (bicyclic) bond motifs is 1. The van der Waals surface area contributed by atoms with Crippen LogP contribution < -0.4 is 21.5 Å². The van der Waals surface area contributed by atoms with Gasteiger partial charge >= 0.3 is 0 Å². The zero-order valence-electron chi connectivity index (χ0n) is 20.5. The van der Waals surface area contributed by atoms with Gasteiger partial charge in [-0.05, 0) is 56.6 Å². The van der Waals surface area contributed by atoms with Crippen LogP contribution in [-0.2, 0) is 4.74 Å². The number of hydrogen-bond acceptors (Lipinski definition) is 7. The highest BCUT2D eigenvalue weighted by molar-refractivity contribution is 6.00. The maximum absolute atomic E-state index is 13.3. The molecule has 5 rings (SSSR count). The summed E-state index contributed by atoms with van der Waals surface area (Å²) >= 11 is 0. The Hall–Kier alpha value is -3.40. The molecule has 2 aliphatic rings. The third-order valence-corrected chi connectivity index (χ3v) is 7.52. The van der Waals surface area contributed by atoms with Gasteiger partial charge in [-0.1, -0.05) is 6.92 Å². The van der Waals surface area contributed by atoms with E-state index in [4.69, 9.17) is 4.74 Å². The second-order valence-electron chi connectivity index (χ2n) is 9.63. The lowest BCUT2D eigenvalue weighted by atomic mass is 9.81. The average molecular weight is 480 g/mol. The molecule has 0 radical (unpaired) electrons. The summed E-state index contributed by atoms with van der Waals surface area (Å²) < 4.78 is 8.88. The minimum atomic E-state index is -0.183. The first-order chi connectivity index (χ1) is 17.0. The molecule has 2 saturated carbocycles. The Balaban J connectivity index is 1.42. The van der Waals surface area contributed by atoms with Crippen molar-refractivity contribution in [2.24, 2.45) is 5.92 Å². The van der Waals surface area contributed by atoms with Gasteiger partial charge in [0.2, 0.25) is 0 Å². The van der Waals surface area contributed by atoms with E-state index < -0.39 is 0 Å². The number of nitrogens with one attached hydrogen (secondary N) is 3. The Morgan fingerprint density at radius 3 is 2.63 bits per heavy atom. The van der Waals surface area contributed by atoms with Crippen molar-refractivity contribution in [2.75, 3.05) is 24.8 Å². The van der Waals surface area contributed by atoms with E-state index in [2.05, 4.69) is 33.0 Å². The van der Waals surface area contributed by atoms with Gasteiger partial charge in [-0.3, -0.25) is 9.59 Å². The van der Waals surface area contributed by atoms with Crippen LogP contribution in [0.1, 0.15) is 61.8 Å². The lowest BCUT2D eigenvalue weighted by molar-refractivity contribution is 0.0580. The fourth-order valence-electron chi connectivity index (χ4n) is 5.08. The highest BCUT2D eigenvalue weighted by Crippen LogP contribution is 2.30. The van der Waals surface area contributed by atoms with Crippen LogP contribution in [0.25, 0.3) is 5.65 Å². The van der Waals surface area contributed by atoms with E-state index in [0.29, 0.717) is 34.5 Å². The van der Waals surface area contributed by atoms with Crippen molar-refractivity contribution in [1.82, 2.24) is 24.5 Å². The summed E-state index contributed by atoms with van der Waals surface area (Å²) in [6.45, 7) is 2.14. The number of nitrogens with zero attached hydrogens (tertiary/aromatic N) is 4. The van der Waals surface area contributed by atoms with Crippen LogP contribution in [0.2, 0.25) is 0 Å². The molecule has 0 saturated heterocycles. The molecule has 3 N–H and O–H groups in total. The van der Waals surface area contributed by atoms with E-state index in [1.807, 2.05) is 16.8 Å². The Bertz CT molecular complexity index is 1280. The molecule has 35 heavy (non-hydrogen) atoms. The highest BCUT2D eigenvalue weighted by Gasteiger charge is 2.29. The summed E-state index contributed by atoms with van der Waals surface area (Å²) in [5.74, 6) is 1.41. The van der Waals surface area contributed by atoms with Crippen LogP contribution in [0, 0.1) is 5.92 Å². The minimum Gasteiger partial charge on any atom is -0.381 e. The SMILES string of the molecule is CNc1cc(Nc2cccn(C3CCC(OC)CC3)c2=O)nc2c(C(=O)N[C@H]3CC[C@H]3C)cnn12. The molecule has 0 spiro atoms. The molecular formula is C25H33N7O3. The third-order valence-electron chi connectivity index (χ3n) is 7.52. The molecule has 0 unspecified atom stereocenters. The topological polar surface area (TPSA) is 115 Å². The molecule has 186 valence electrons. The first-order valence-electron chi connectivity index (χ1n) is 12.4. The Morgan fingerprint density at radius 2 is 1.97 bits per heavy atom. The predicted molar refractivity (Wildman–Crippen MR) is 134 cm³/mol. The number of carbonyl (C=O) groups excluding carboxylic acids is 1. The average Bonchev–Trinajstić information content (AvgIpc) is 3.31. The van der Waals surface area contributed by atoms with Crippen LogP contribution in [0.15, 0.2) is 35.4 Å². The van der Waals surface area contributed by atoms with Gasteiger partial charge in [0.15, 0.2) is 5.65 Å². The first kappa shape index (κ1) is 23.3. The van der Waals surface area contributed by atoms with Crippen molar-refractivity contribution in [3.05, 3.63) is 46.5 Å². The van der Waals surface area contributed by atoms with Gasteiger partial charge in [0.1, 0.15) is 22.9 Å². The number of rotatable bonds is 7. The molecule has 3 aromatic rings. The molecule has 3 aromatic heterocycles. The highest BCUT2D eigenvalue weighted by atomic mass is 16.5. The van der Waals surface area contributed by atoms with E-state index in [1.165, 1.54) is 6.20 Å². The zero-order chi connectivity index (χ0) is 24.5. The van der Waals surface area contributed by atoms with Gasteiger partial charge in [0.25, 0.3) is 11.5 Å². The molecule has 3 heterocycles. The fourth-order valence-corrected chi connectivity index (χ4v) is 5.08. The summed E-state index contributed by atoms with van der Waals surface area (Å²) in [5, 5.41) is 13.7. The summed E-state index contributed by atoms with van der Waals surface area (Å²) in [4.78, 5) is 30.9. The van der Waals surface area contributed by atoms with Gasteiger partial charge in [0, 0.05) is 38.5 Å². The summed E-state index contributed by atoms with van der Waals surface area (Å²) in [5.41, 5.74) is 1.18. The summed E-state index contributed by atoms with van der Waals surface area (Å²) in [6.07, 6.45) is 9.47. The van der Waals surface area contributed by atoms with Crippen molar-refractivity contribution in [3.8, 4) is 0 Å². The fraction of sp³-hybridized carbons (Fsp3) is 0.520. The van der Waals surface area contributed by atoms with Gasteiger partial charge in [0.05, 0.1) is 12.3 Å². The number of carbonyl (C=O) groups is 1. The molecule has 2 fully saturated rings. The van der Waals surface area contributed by atoms with Gasteiger partial charge in [-0.25, -0.2) is 4.98 Å². The van der Waals surface area contributed by atoms with E-state index in [-0.39, 0.29) is 29.7 Å². The molecule has 0 aliphatic heterocycles. The van der Waals surface area contributed by atoms with Crippen LogP contribution in [0.5, 0.6) is 0 Å². The maximum atomic E-state index is 13.3.